The molecule has 0 saturated heterocycles. The van der Waals surface area contributed by atoms with Crippen molar-refractivity contribution in [3.8, 4) is 0 Å². The summed E-state index contributed by atoms with van der Waals surface area (Å²) in [4.78, 5) is 38.5. The molecule has 0 aromatic carbocycles. The SMILES string of the molecule is CCCCn1c2c(cc(C(=O)NC(C(=O)OC)C(C)(C)C)c1=O)CCCCCC2. The first kappa shape index (κ1) is 23.2. The Morgan fingerprint density at radius 3 is 2.41 bits per heavy atom. The molecule has 2 rings (SSSR count). The van der Waals surface area contributed by atoms with E-state index in [-0.39, 0.29) is 11.1 Å². The van der Waals surface area contributed by atoms with Gasteiger partial charge in [-0.2, -0.15) is 0 Å². The predicted octanol–water partition coefficient (Wildman–Crippen LogP) is 3.62. The number of nitrogens with one attached hydrogen (secondary N) is 1. The van der Waals surface area contributed by atoms with Crippen molar-refractivity contribution in [1.82, 2.24) is 9.88 Å². The number of esters is 1. The number of hydrogen-bond acceptors (Lipinski definition) is 4. The fourth-order valence-electron chi connectivity index (χ4n) is 3.91. The van der Waals surface area contributed by atoms with E-state index < -0.39 is 23.3 Å². The molecule has 0 radical (unpaired) electrons. The van der Waals surface area contributed by atoms with Crippen LogP contribution in [0.4, 0.5) is 0 Å². The highest BCUT2D eigenvalue weighted by Crippen LogP contribution is 2.23. The average Bonchev–Trinajstić information content (AvgIpc) is 2.64. The topological polar surface area (TPSA) is 77.4 Å². The van der Waals surface area contributed by atoms with Crippen molar-refractivity contribution < 1.29 is 14.3 Å². The molecule has 1 aliphatic carbocycles. The summed E-state index contributed by atoms with van der Waals surface area (Å²) in [6.07, 6.45) is 8.10. The van der Waals surface area contributed by atoms with Crippen LogP contribution < -0.4 is 10.9 Å². The van der Waals surface area contributed by atoms with E-state index >= 15 is 0 Å². The molecule has 0 spiro atoms. The molecule has 1 aromatic rings. The fourth-order valence-corrected chi connectivity index (χ4v) is 3.91. The van der Waals surface area contributed by atoms with E-state index in [1.165, 1.54) is 20.0 Å². The average molecular weight is 405 g/mol. The summed E-state index contributed by atoms with van der Waals surface area (Å²) in [5.41, 5.74) is 1.51. The minimum Gasteiger partial charge on any atom is -0.467 e. The van der Waals surface area contributed by atoms with Gasteiger partial charge in [-0.3, -0.25) is 9.59 Å². The number of carbonyl (C=O) groups is 2. The normalized spacial score (nSPS) is 15.6. The zero-order chi connectivity index (χ0) is 21.6. The summed E-state index contributed by atoms with van der Waals surface area (Å²) < 4.78 is 6.68. The van der Waals surface area contributed by atoms with Gasteiger partial charge in [-0.25, -0.2) is 4.79 Å². The highest BCUT2D eigenvalue weighted by Gasteiger charge is 2.34. The number of unbranched alkanes of at least 4 members (excludes halogenated alkanes) is 1. The van der Waals surface area contributed by atoms with Crippen LogP contribution in [0.1, 0.15) is 87.8 Å². The molecule has 1 unspecified atom stereocenters. The van der Waals surface area contributed by atoms with E-state index in [9.17, 15) is 14.4 Å². The second-order valence-corrected chi connectivity index (χ2v) is 9.05. The zero-order valence-electron chi connectivity index (χ0n) is 18.6. The van der Waals surface area contributed by atoms with Crippen LogP contribution in [0.3, 0.4) is 0 Å². The summed E-state index contributed by atoms with van der Waals surface area (Å²) in [6.45, 7) is 8.28. The molecule has 0 saturated carbocycles. The minimum absolute atomic E-state index is 0.124. The Bertz CT molecular complexity index is 789. The van der Waals surface area contributed by atoms with Gasteiger partial charge in [0.25, 0.3) is 11.5 Å². The molecule has 0 aliphatic heterocycles. The molecule has 6 nitrogen and oxygen atoms in total. The summed E-state index contributed by atoms with van der Waals surface area (Å²) >= 11 is 0. The molecule has 29 heavy (non-hydrogen) atoms. The molecule has 1 N–H and O–H groups in total. The van der Waals surface area contributed by atoms with Crippen LogP contribution in [0.5, 0.6) is 0 Å². The van der Waals surface area contributed by atoms with Crippen LogP contribution in [0.15, 0.2) is 10.9 Å². The Balaban J connectivity index is 2.47. The van der Waals surface area contributed by atoms with E-state index in [4.69, 9.17) is 4.74 Å². The Hall–Kier alpha value is -2.11. The number of rotatable bonds is 6. The number of aryl methyl sites for hydroxylation is 1. The van der Waals surface area contributed by atoms with Gasteiger partial charge >= 0.3 is 5.97 Å². The quantitative estimate of drug-likeness (QED) is 0.735. The van der Waals surface area contributed by atoms with Gasteiger partial charge in [-0.15, -0.1) is 0 Å². The number of methoxy groups -OCH3 is 1. The second kappa shape index (κ2) is 10.1. The molecular formula is C23H36N2O4. The van der Waals surface area contributed by atoms with Crippen LogP contribution in [-0.2, 0) is 28.9 Å². The van der Waals surface area contributed by atoms with Crippen molar-refractivity contribution in [2.24, 2.45) is 5.41 Å². The summed E-state index contributed by atoms with van der Waals surface area (Å²) in [6, 6.07) is 0.933. The first-order chi connectivity index (χ1) is 13.7. The molecular weight excluding hydrogens is 368 g/mol. The van der Waals surface area contributed by atoms with Crippen molar-refractivity contribution in [1.29, 1.82) is 0 Å². The number of fused-ring (bicyclic) bond motifs is 1. The highest BCUT2D eigenvalue weighted by atomic mass is 16.5. The van der Waals surface area contributed by atoms with E-state index in [2.05, 4.69) is 12.2 Å². The Morgan fingerprint density at radius 2 is 1.83 bits per heavy atom. The van der Waals surface area contributed by atoms with Gasteiger partial charge in [0.15, 0.2) is 0 Å². The summed E-state index contributed by atoms with van der Waals surface area (Å²) in [5.74, 6) is -1.01. The smallest absolute Gasteiger partial charge is 0.328 e. The van der Waals surface area contributed by atoms with Crippen molar-refractivity contribution >= 4 is 11.9 Å². The van der Waals surface area contributed by atoms with Gasteiger partial charge in [0.05, 0.1) is 7.11 Å². The van der Waals surface area contributed by atoms with E-state index in [1.807, 2.05) is 25.3 Å². The monoisotopic (exact) mass is 404 g/mol. The molecule has 1 aromatic heterocycles. The minimum atomic E-state index is -0.828. The molecule has 1 amide bonds. The van der Waals surface area contributed by atoms with Gasteiger partial charge in [-0.05, 0) is 49.1 Å². The summed E-state index contributed by atoms with van der Waals surface area (Å²) in [7, 11) is 1.30. The Kier molecular flexibility index (Phi) is 8.05. The Morgan fingerprint density at radius 1 is 1.17 bits per heavy atom. The number of nitrogens with zero attached hydrogens (tertiary/aromatic N) is 1. The van der Waals surface area contributed by atoms with Crippen LogP contribution in [0, 0.1) is 5.41 Å². The molecule has 162 valence electrons. The lowest BCUT2D eigenvalue weighted by molar-refractivity contribution is -0.145. The molecule has 0 fully saturated rings. The molecule has 1 heterocycles. The van der Waals surface area contributed by atoms with Gasteiger partial charge in [0.2, 0.25) is 0 Å². The van der Waals surface area contributed by atoms with Crippen molar-refractivity contribution in [3.63, 3.8) is 0 Å². The molecule has 6 heteroatoms. The third-order valence-corrected chi connectivity index (χ3v) is 5.66. The number of ether oxygens (including phenoxy) is 1. The summed E-state index contributed by atoms with van der Waals surface area (Å²) in [5, 5.41) is 2.76. The molecule has 1 aliphatic rings. The van der Waals surface area contributed by atoms with E-state index in [1.54, 1.807) is 6.07 Å². The largest absolute Gasteiger partial charge is 0.467 e. The highest BCUT2D eigenvalue weighted by molar-refractivity contribution is 5.96. The van der Waals surface area contributed by atoms with E-state index in [0.717, 1.165) is 49.8 Å². The Labute approximate surface area is 174 Å². The van der Waals surface area contributed by atoms with Crippen LogP contribution in [-0.4, -0.2) is 29.6 Å². The van der Waals surface area contributed by atoms with Crippen molar-refractivity contribution in [2.45, 2.75) is 91.6 Å². The standard InChI is InChI=1S/C23H36N2O4/c1-6-7-14-25-18-13-11-9-8-10-12-16(18)15-17(21(25)27)20(26)24-19(22(28)29-5)23(2,3)4/h15,19H,6-14H2,1-5H3,(H,24,26). The van der Waals surface area contributed by atoms with Crippen LogP contribution >= 0.6 is 0 Å². The fraction of sp³-hybridized carbons (Fsp3) is 0.696. The number of hydrogen-bond donors (Lipinski definition) is 1. The maximum Gasteiger partial charge on any atom is 0.328 e. The number of pyridine rings is 1. The van der Waals surface area contributed by atoms with E-state index in [0.29, 0.717) is 6.54 Å². The lowest BCUT2D eigenvalue weighted by Crippen LogP contribution is -2.51. The lowest BCUT2D eigenvalue weighted by Gasteiger charge is -2.29. The molecule has 0 bridgehead atoms. The van der Waals surface area contributed by atoms with Crippen molar-refractivity contribution in [3.05, 3.63) is 33.2 Å². The number of amides is 1. The zero-order valence-corrected chi connectivity index (χ0v) is 18.6. The number of aromatic nitrogens is 1. The van der Waals surface area contributed by atoms with Gasteiger partial charge < -0.3 is 14.6 Å². The number of carbonyl (C=O) groups excluding carboxylic acids is 2. The first-order valence-electron chi connectivity index (χ1n) is 10.8. The third kappa shape index (κ3) is 5.71. The maximum absolute atomic E-state index is 13.2. The maximum atomic E-state index is 13.2. The predicted molar refractivity (Wildman–Crippen MR) is 114 cm³/mol. The van der Waals surface area contributed by atoms with Crippen LogP contribution in [0.2, 0.25) is 0 Å². The van der Waals surface area contributed by atoms with Gasteiger partial charge in [-0.1, -0.05) is 47.0 Å². The van der Waals surface area contributed by atoms with Gasteiger partial charge in [0, 0.05) is 12.2 Å². The lowest BCUT2D eigenvalue weighted by atomic mass is 9.86. The van der Waals surface area contributed by atoms with Crippen molar-refractivity contribution in [2.75, 3.05) is 7.11 Å². The van der Waals surface area contributed by atoms with Gasteiger partial charge in [0.1, 0.15) is 11.6 Å². The third-order valence-electron chi connectivity index (χ3n) is 5.66. The van der Waals surface area contributed by atoms with Crippen LogP contribution in [0.25, 0.3) is 0 Å². The first-order valence-corrected chi connectivity index (χ1v) is 10.8. The second-order valence-electron chi connectivity index (χ2n) is 9.05. The molecule has 1 atom stereocenters.